The van der Waals surface area contributed by atoms with Gasteiger partial charge in [-0.05, 0) is 64.2 Å². The zero-order valence-electron chi connectivity index (χ0n) is 18.5. The van der Waals surface area contributed by atoms with Crippen molar-refractivity contribution in [3.05, 3.63) is 62.3 Å². The summed E-state index contributed by atoms with van der Waals surface area (Å²) in [5, 5.41) is 19.0. The fourth-order valence-corrected chi connectivity index (χ4v) is 4.75. The predicted molar refractivity (Wildman–Crippen MR) is 115 cm³/mol. The summed E-state index contributed by atoms with van der Waals surface area (Å²) in [5.74, 6) is 0.789. The highest BCUT2D eigenvalue weighted by atomic mass is 16.5. The van der Waals surface area contributed by atoms with Crippen LogP contribution in [0.5, 0.6) is 0 Å². The number of aryl methyl sites for hydroxylation is 4. The molecular formula is C23H28N6O. The molecular weight excluding hydrogens is 376 g/mol. The van der Waals surface area contributed by atoms with Gasteiger partial charge in [0.25, 0.3) is 0 Å². The molecule has 1 atom stereocenters. The number of nitrogens with zero attached hydrogens (tertiary/aromatic N) is 5. The highest BCUT2D eigenvalue weighted by Gasteiger charge is 2.38. The first-order valence-corrected chi connectivity index (χ1v) is 10.3. The second-order valence-corrected chi connectivity index (χ2v) is 8.22. The lowest BCUT2D eigenvalue weighted by atomic mass is 9.76. The number of allylic oxidation sites excluding steroid dienone is 3. The molecule has 2 N–H and O–H groups in total. The van der Waals surface area contributed by atoms with Gasteiger partial charge in [-0.25, -0.2) is 0 Å². The van der Waals surface area contributed by atoms with Crippen molar-refractivity contribution in [2.24, 2.45) is 19.8 Å². The van der Waals surface area contributed by atoms with Gasteiger partial charge in [0.05, 0.1) is 17.3 Å². The first kappa shape index (κ1) is 20.0. The third-order valence-electron chi connectivity index (χ3n) is 6.45. The minimum absolute atomic E-state index is 0.191. The first-order chi connectivity index (χ1) is 14.2. The summed E-state index contributed by atoms with van der Waals surface area (Å²) in [4.78, 5) is 0. The van der Waals surface area contributed by atoms with E-state index in [1.807, 2.05) is 44.2 Å². The minimum atomic E-state index is -0.216. The van der Waals surface area contributed by atoms with E-state index in [9.17, 15) is 5.26 Å². The first-order valence-electron chi connectivity index (χ1n) is 10.3. The summed E-state index contributed by atoms with van der Waals surface area (Å²) < 4.78 is 9.86. The number of ether oxygens (including phenoxy) is 1. The average molecular weight is 405 g/mol. The van der Waals surface area contributed by atoms with Crippen molar-refractivity contribution in [3.8, 4) is 6.07 Å². The summed E-state index contributed by atoms with van der Waals surface area (Å²) in [6, 6.07) is 2.31. The molecule has 0 bridgehead atoms. The Bertz CT molecular complexity index is 1180. The monoisotopic (exact) mass is 404 g/mol. The largest absolute Gasteiger partial charge is 0.440 e. The number of aromatic nitrogens is 4. The number of nitrogens with two attached hydrogens (primary N) is 1. The van der Waals surface area contributed by atoms with Crippen LogP contribution in [0.4, 0.5) is 0 Å². The molecule has 30 heavy (non-hydrogen) atoms. The van der Waals surface area contributed by atoms with Crippen LogP contribution in [0.2, 0.25) is 0 Å². The Morgan fingerprint density at radius 2 is 1.73 bits per heavy atom. The van der Waals surface area contributed by atoms with Crippen LogP contribution < -0.4 is 5.73 Å². The van der Waals surface area contributed by atoms with Gasteiger partial charge in [-0.3, -0.25) is 9.36 Å². The SMILES string of the molecule is Cc1nn(C)c(C)c1/C=C1/CCCC2=C1OC(N)=C(C#N)[C@@H]2c1c(C)nn(C)c1C. The molecule has 0 aromatic carbocycles. The molecule has 156 valence electrons. The number of nitriles is 1. The van der Waals surface area contributed by atoms with Crippen LogP contribution in [-0.4, -0.2) is 19.6 Å². The fourth-order valence-electron chi connectivity index (χ4n) is 4.75. The van der Waals surface area contributed by atoms with Crippen molar-refractivity contribution in [2.45, 2.75) is 52.9 Å². The van der Waals surface area contributed by atoms with E-state index >= 15 is 0 Å². The van der Waals surface area contributed by atoms with E-state index in [4.69, 9.17) is 10.5 Å². The van der Waals surface area contributed by atoms with Gasteiger partial charge in [-0.1, -0.05) is 0 Å². The van der Waals surface area contributed by atoms with Crippen molar-refractivity contribution in [2.75, 3.05) is 0 Å². The molecule has 0 radical (unpaired) electrons. The summed E-state index contributed by atoms with van der Waals surface area (Å²) in [5.41, 5.74) is 15.2. The maximum atomic E-state index is 9.91. The number of hydrogen-bond donors (Lipinski definition) is 1. The Kier molecular flexibility index (Phi) is 4.81. The van der Waals surface area contributed by atoms with Gasteiger partial charge >= 0.3 is 0 Å². The van der Waals surface area contributed by atoms with Gasteiger partial charge in [0.15, 0.2) is 0 Å². The van der Waals surface area contributed by atoms with E-state index in [1.165, 1.54) is 0 Å². The average Bonchev–Trinajstić information content (AvgIpc) is 3.09. The molecule has 7 heteroatoms. The van der Waals surface area contributed by atoms with E-state index in [0.717, 1.165) is 70.1 Å². The van der Waals surface area contributed by atoms with Crippen LogP contribution in [0, 0.1) is 39.0 Å². The van der Waals surface area contributed by atoms with Crippen molar-refractivity contribution >= 4 is 6.08 Å². The lowest BCUT2D eigenvalue weighted by Gasteiger charge is -2.33. The van der Waals surface area contributed by atoms with Crippen LogP contribution in [0.1, 0.15) is 59.1 Å². The summed E-state index contributed by atoms with van der Waals surface area (Å²) in [6.07, 6.45) is 4.95. The van der Waals surface area contributed by atoms with Gasteiger partial charge in [-0.15, -0.1) is 0 Å². The Morgan fingerprint density at radius 3 is 2.30 bits per heavy atom. The van der Waals surface area contributed by atoms with Crippen LogP contribution in [-0.2, 0) is 18.8 Å². The standard InChI is InChI=1S/C23H28N6O/c1-12-18(14(3)28(5)26-12)10-16-8-7-9-17-21(19(11-24)23(25)30-22(16)17)20-13(2)27-29(6)15(20)4/h10,21H,7-9,25H2,1-6H3/b16-10-/t21-/m1/s1. The molecule has 0 fully saturated rings. The molecule has 0 amide bonds. The molecule has 2 aromatic heterocycles. The zero-order chi connectivity index (χ0) is 21.7. The molecule has 7 nitrogen and oxygen atoms in total. The third kappa shape index (κ3) is 2.95. The lowest BCUT2D eigenvalue weighted by molar-refractivity contribution is 0.277. The van der Waals surface area contributed by atoms with Crippen molar-refractivity contribution in [3.63, 3.8) is 0 Å². The molecule has 0 saturated heterocycles. The van der Waals surface area contributed by atoms with E-state index in [-0.39, 0.29) is 11.8 Å². The van der Waals surface area contributed by atoms with Crippen LogP contribution in [0.15, 0.2) is 28.4 Å². The summed E-state index contributed by atoms with van der Waals surface area (Å²) >= 11 is 0. The van der Waals surface area contributed by atoms with Crippen LogP contribution in [0.25, 0.3) is 6.08 Å². The number of hydrogen-bond acceptors (Lipinski definition) is 5. The van der Waals surface area contributed by atoms with Crippen molar-refractivity contribution < 1.29 is 4.74 Å². The molecule has 0 spiro atoms. The van der Waals surface area contributed by atoms with Crippen LogP contribution >= 0.6 is 0 Å². The minimum Gasteiger partial charge on any atom is -0.440 e. The van der Waals surface area contributed by atoms with Crippen molar-refractivity contribution in [1.29, 1.82) is 5.26 Å². The topological polar surface area (TPSA) is 94.7 Å². The molecule has 2 aromatic rings. The highest BCUT2D eigenvalue weighted by Crippen LogP contribution is 2.48. The lowest BCUT2D eigenvalue weighted by Crippen LogP contribution is -2.24. The van der Waals surface area contributed by atoms with E-state index in [0.29, 0.717) is 5.57 Å². The quantitative estimate of drug-likeness (QED) is 0.823. The van der Waals surface area contributed by atoms with Crippen LogP contribution in [0.3, 0.4) is 0 Å². The fraction of sp³-hybridized carbons (Fsp3) is 0.435. The van der Waals surface area contributed by atoms with Crippen molar-refractivity contribution in [1.82, 2.24) is 19.6 Å². The summed E-state index contributed by atoms with van der Waals surface area (Å²) in [6.45, 7) is 8.12. The second kappa shape index (κ2) is 7.21. The molecule has 0 saturated carbocycles. The maximum absolute atomic E-state index is 9.91. The Balaban J connectivity index is 1.92. The number of rotatable bonds is 2. The molecule has 3 heterocycles. The Morgan fingerprint density at radius 1 is 1.07 bits per heavy atom. The van der Waals surface area contributed by atoms with Gasteiger partial charge in [-0.2, -0.15) is 15.5 Å². The third-order valence-corrected chi connectivity index (χ3v) is 6.45. The Hall–Kier alpha value is -3.27. The normalized spacial score (nSPS) is 20.4. The smallest absolute Gasteiger partial charge is 0.205 e. The molecule has 1 aliphatic carbocycles. The van der Waals surface area contributed by atoms with E-state index < -0.39 is 0 Å². The van der Waals surface area contributed by atoms with Gasteiger partial charge in [0.1, 0.15) is 17.4 Å². The second-order valence-electron chi connectivity index (χ2n) is 8.22. The molecule has 0 unspecified atom stereocenters. The maximum Gasteiger partial charge on any atom is 0.205 e. The highest BCUT2D eigenvalue weighted by molar-refractivity contribution is 5.65. The van der Waals surface area contributed by atoms with E-state index in [2.05, 4.69) is 29.3 Å². The Labute approximate surface area is 177 Å². The van der Waals surface area contributed by atoms with Gasteiger partial charge < -0.3 is 10.5 Å². The predicted octanol–water partition coefficient (Wildman–Crippen LogP) is 3.72. The van der Waals surface area contributed by atoms with Gasteiger partial charge in [0.2, 0.25) is 5.88 Å². The van der Waals surface area contributed by atoms with Gasteiger partial charge in [0, 0.05) is 36.6 Å². The summed E-state index contributed by atoms with van der Waals surface area (Å²) in [7, 11) is 3.89. The van der Waals surface area contributed by atoms with E-state index in [1.54, 1.807) is 0 Å². The molecule has 1 aliphatic heterocycles. The molecule has 2 aliphatic rings. The zero-order valence-corrected chi connectivity index (χ0v) is 18.5. The molecule has 4 rings (SSSR count).